The van der Waals surface area contributed by atoms with Gasteiger partial charge in [0.2, 0.25) is 0 Å². The van der Waals surface area contributed by atoms with Crippen LogP contribution in [-0.4, -0.2) is 12.6 Å². The highest BCUT2D eigenvalue weighted by Gasteiger charge is 2.20. The minimum Gasteiger partial charge on any atom is -0.330 e. The van der Waals surface area contributed by atoms with E-state index in [1.165, 1.54) is 44.9 Å². The zero-order valence-corrected chi connectivity index (χ0v) is 14.7. The zero-order chi connectivity index (χ0) is 16.0. The Kier molecular flexibility index (Phi) is 11.4. The van der Waals surface area contributed by atoms with E-state index in [9.17, 15) is 0 Å². The standard InChI is InChI=1S/C20H38N2/c1-2-3-12-18(17-21)13-8-6-4-5-7-9-16-20(22)19-14-10-11-15-19/h6-9,18-20H,2-5,10-17,21-22H2,1H3. The molecule has 2 heteroatoms. The molecule has 0 radical (unpaired) electrons. The molecule has 0 aliphatic heterocycles. The highest BCUT2D eigenvalue weighted by molar-refractivity contribution is 4.92. The fourth-order valence-corrected chi connectivity index (χ4v) is 3.37. The fourth-order valence-electron chi connectivity index (χ4n) is 3.37. The SMILES string of the molecule is CCCCC(CN)CC=CCCC=CCC(N)C1CCCC1. The summed E-state index contributed by atoms with van der Waals surface area (Å²) in [6, 6.07) is 0.387. The molecule has 2 atom stereocenters. The molecular weight excluding hydrogens is 268 g/mol. The summed E-state index contributed by atoms with van der Waals surface area (Å²) in [6.45, 7) is 3.07. The monoisotopic (exact) mass is 306 g/mol. The molecule has 1 aliphatic carbocycles. The van der Waals surface area contributed by atoms with Gasteiger partial charge in [0.15, 0.2) is 0 Å². The van der Waals surface area contributed by atoms with Gasteiger partial charge in [0.05, 0.1) is 0 Å². The summed E-state index contributed by atoms with van der Waals surface area (Å²) in [4.78, 5) is 0. The minimum atomic E-state index is 0.387. The van der Waals surface area contributed by atoms with E-state index < -0.39 is 0 Å². The van der Waals surface area contributed by atoms with Gasteiger partial charge >= 0.3 is 0 Å². The molecule has 0 aromatic rings. The van der Waals surface area contributed by atoms with Gasteiger partial charge in [-0.2, -0.15) is 0 Å². The van der Waals surface area contributed by atoms with Gasteiger partial charge in [-0.25, -0.2) is 0 Å². The van der Waals surface area contributed by atoms with Gasteiger partial charge in [-0.1, -0.05) is 56.9 Å². The molecule has 1 aliphatic rings. The summed E-state index contributed by atoms with van der Waals surface area (Å²) in [6.07, 6.45) is 23.0. The first-order valence-electron chi connectivity index (χ1n) is 9.53. The Bertz CT molecular complexity index is 303. The molecule has 22 heavy (non-hydrogen) atoms. The van der Waals surface area contributed by atoms with E-state index in [0.717, 1.165) is 38.1 Å². The quantitative estimate of drug-likeness (QED) is 0.396. The molecule has 0 amide bonds. The van der Waals surface area contributed by atoms with Crippen molar-refractivity contribution in [2.75, 3.05) is 6.54 Å². The van der Waals surface area contributed by atoms with Gasteiger partial charge in [-0.05, 0) is 63.3 Å². The van der Waals surface area contributed by atoms with Crippen LogP contribution in [0.4, 0.5) is 0 Å². The van der Waals surface area contributed by atoms with Gasteiger partial charge in [-0.15, -0.1) is 0 Å². The van der Waals surface area contributed by atoms with Crippen molar-refractivity contribution in [2.24, 2.45) is 23.3 Å². The van der Waals surface area contributed by atoms with Crippen molar-refractivity contribution in [1.29, 1.82) is 0 Å². The van der Waals surface area contributed by atoms with Crippen LogP contribution in [-0.2, 0) is 0 Å². The van der Waals surface area contributed by atoms with Crippen LogP contribution in [0.5, 0.6) is 0 Å². The van der Waals surface area contributed by atoms with E-state index >= 15 is 0 Å². The third kappa shape index (κ3) is 8.75. The van der Waals surface area contributed by atoms with E-state index in [1.807, 2.05) is 0 Å². The Morgan fingerprint density at radius 3 is 2.23 bits per heavy atom. The molecule has 1 saturated carbocycles. The maximum atomic E-state index is 6.25. The van der Waals surface area contributed by atoms with Gasteiger partial charge in [0.1, 0.15) is 0 Å². The van der Waals surface area contributed by atoms with Crippen LogP contribution in [0.3, 0.4) is 0 Å². The van der Waals surface area contributed by atoms with Crippen molar-refractivity contribution >= 4 is 0 Å². The minimum absolute atomic E-state index is 0.387. The second kappa shape index (κ2) is 12.9. The number of allylic oxidation sites excluding steroid dienone is 3. The average Bonchev–Trinajstić information content (AvgIpc) is 3.07. The van der Waals surface area contributed by atoms with E-state index in [0.29, 0.717) is 12.0 Å². The Morgan fingerprint density at radius 1 is 1.00 bits per heavy atom. The second-order valence-corrected chi connectivity index (χ2v) is 6.94. The largest absolute Gasteiger partial charge is 0.330 e. The predicted molar refractivity (Wildman–Crippen MR) is 98.8 cm³/mol. The number of nitrogens with two attached hydrogens (primary N) is 2. The first-order chi connectivity index (χ1) is 10.8. The third-order valence-electron chi connectivity index (χ3n) is 5.02. The van der Waals surface area contributed by atoms with Crippen LogP contribution in [0.2, 0.25) is 0 Å². The molecule has 2 nitrogen and oxygen atoms in total. The second-order valence-electron chi connectivity index (χ2n) is 6.94. The van der Waals surface area contributed by atoms with Crippen LogP contribution >= 0.6 is 0 Å². The molecule has 0 heterocycles. The van der Waals surface area contributed by atoms with Crippen LogP contribution in [0.15, 0.2) is 24.3 Å². The highest BCUT2D eigenvalue weighted by atomic mass is 14.6. The van der Waals surface area contributed by atoms with E-state index in [2.05, 4.69) is 31.2 Å². The van der Waals surface area contributed by atoms with Crippen molar-refractivity contribution in [1.82, 2.24) is 0 Å². The summed E-state index contributed by atoms with van der Waals surface area (Å²) in [5.41, 5.74) is 12.1. The Balaban J connectivity index is 2.03. The fraction of sp³-hybridized carbons (Fsp3) is 0.800. The maximum Gasteiger partial charge on any atom is 0.0102 e. The Morgan fingerprint density at radius 2 is 1.64 bits per heavy atom. The Labute approximate surface area is 138 Å². The van der Waals surface area contributed by atoms with Crippen LogP contribution in [0, 0.1) is 11.8 Å². The van der Waals surface area contributed by atoms with E-state index in [-0.39, 0.29) is 0 Å². The summed E-state index contributed by atoms with van der Waals surface area (Å²) in [5.74, 6) is 1.46. The molecule has 0 spiro atoms. The lowest BCUT2D eigenvalue weighted by atomic mass is 9.96. The zero-order valence-electron chi connectivity index (χ0n) is 14.7. The lowest BCUT2D eigenvalue weighted by molar-refractivity contribution is 0.434. The van der Waals surface area contributed by atoms with Gasteiger partial charge in [0, 0.05) is 6.04 Å². The molecule has 0 bridgehead atoms. The molecule has 0 aromatic carbocycles. The lowest BCUT2D eigenvalue weighted by Crippen LogP contribution is -2.27. The van der Waals surface area contributed by atoms with E-state index in [1.54, 1.807) is 0 Å². The molecule has 0 aromatic heterocycles. The number of unbranched alkanes of at least 4 members (excludes halogenated alkanes) is 2. The van der Waals surface area contributed by atoms with Crippen LogP contribution in [0.25, 0.3) is 0 Å². The van der Waals surface area contributed by atoms with Crippen molar-refractivity contribution in [3.05, 3.63) is 24.3 Å². The van der Waals surface area contributed by atoms with Gasteiger partial charge < -0.3 is 11.5 Å². The molecule has 2 unspecified atom stereocenters. The first kappa shape index (κ1) is 19.4. The van der Waals surface area contributed by atoms with Crippen LogP contribution < -0.4 is 11.5 Å². The third-order valence-corrected chi connectivity index (χ3v) is 5.02. The van der Waals surface area contributed by atoms with Gasteiger partial charge in [0.25, 0.3) is 0 Å². The maximum absolute atomic E-state index is 6.25. The van der Waals surface area contributed by atoms with Crippen molar-refractivity contribution in [3.8, 4) is 0 Å². The lowest BCUT2D eigenvalue weighted by Gasteiger charge is -2.16. The summed E-state index contributed by atoms with van der Waals surface area (Å²) >= 11 is 0. The highest BCUT2D eigenvalue weighted by Crippen LogP contribution is 2.28. The van der Waals surface area contributed by atoms with Crippen molar-refractivity contribution < 1.29 is 0 Å². The normalized spacial score (nSPS) is 19.4. The van der Waals surface area contributed by atoms with Gasteiger partial charge in [-0.3, -0.25) is 0 Å². The van der Waals surface area contributed by atoms with Crippen molar-refractivity contribution in [2.45, 2.75) is 83.6 Å². The molecule has 1 fully saturated rings. The first-order valence-corrected chi connectivity index (χ1v) is 9.53. The smallest absolute Gasteiger partial charge is 0.0102 e. The number of hydrogen-bond donors (Lipinski definition) is 2. The molecular formula is C20H38N2. The number of rotatable bonds is 12. The molecule has 0 saturated heterocycles. The Hall–Kier alpha value is -0.600. The number of hydrogen-bond acceptors (Lipinski definition) is 2. The summed E-state index contributed by atoms with van der Waals surface area (Å²) in [5, 5.41) is 0. The average molecular weight is 307 g/mol. The van der Waals surface area contributed by atoms with Crippen molar-refractivity contribution in [3.63, 3.8) is 0 Å². The summed E-state index contributed by atoms with van der Waals surface area (Å²) in [7, 11) is 0. The molecule has 1 rings (SSSR count). The summed E-state index contributed by atoms with van der Waals surface area (Å²) < 4.78 is 0. The van der Waals surface area contributed by atoms with Crippen LogP contribution in [0.1, 0.15) is 77.6 Å². The van der Waals surface area contributed by atoms with E-state index in [4.69, 9.17) is 11.5 Å². The molecule has 128 valence electrons. The topological polar surface area (TPSA) is 52.0 Å². The molecule has 4 N–H and O–H groups in total. The predicted octanol–water partition coefficient (Wildman–Crippen LogP) is 4.94.